The molecule has 0 aliphatic carbocycles. The molecule has 15 heavy (non-hydrogen) atoms. The lowest BCUT2D eigenvalue weighted by Crippen LogP contribution is -2.03. The highest BCUT2D eigenvalue weighted by molar-refractivity contribution is 7.98. The van der Waals surface area contributed by atoms with Crippen LogP contribution >= 0.6 is 11.8 Å². The molecule has 84 valence electrons. The van der Waals surface area contributed by atoms with Gasteiger partial charge < -0.3 is 5.73 Å². The van der Waals surface area contributed by atoms with E-state index in [4.69, 9.17) is 5.73 Å². The third-order valence-electron chi connectivity index (χ3n) is 2.27. The van der Waals surface area contributed by atoms with Gasteiger partial charge in [0.2, 0.25) is 0 Å². The lowest BCUT2D eigenvalue weighted by molar-refractivity contribution is 0.632. The predicted octanol–water partition coefficient (Wildman–Crippen LogP) is 2.82. The summed E-state index contributed by atoms with van der Waals surface area (Å²) in [6.07, 6.45) is 3.09. The maximum atomic E-state index is 5.63. The summed E-state index contributed by atoms with van der Waals surface area (Å²) in [6, 6.07) is 4.11. The van der Waals surface area contributed by atoms with E-state index >= 15 is 0 Å². The number of aromatic nitrogens is 1. The van der Waals surface area contributed by atoms with Crippen molar-refractivity contribution in [3.63, 3.8) is 0 Å². The Balaban J connectivity index is 2.36. The fourth-order valence-corrected chi connectivity index (χ4v) is 2.55. The van der Waals surface area contributed by atoms with E-state index in [2.05, 4.69) is 24.9 Å². The Labute approximate surface area is 96.7 Å². The number of hydrogen-bond acceptors (Lipinski definition) is 3. The smallest absolute Gasteiger partial charge is 0.0579 e. The molecule has 0 unspecified atom stereocenters. The topological polar surface area (TPSA) is 38.9 Å². The minimum absolute atomic E-state index is 0.543. The summed E-state index contributed by atoms with van der Waals surface area (Å²) in [5, 5.41) is 0. The average molecular weight is 224 g/mol. The van der Waals surface area contributed by atoms with E-state index in [1.807, 2.05) is 24.0 Å². The fourth-order valence-electron chi connectivity index (χ4n) is 1.29. The van der Waals surface area contributed by atoms with Crippen LogP contribution in [0.25, 0.3) is 0 Å². The van der Waals surface area contributed by atoms with Crippen LogP contribution in [-0.2, 0) is 12.3 Å². The molecule has 1 heterocycles. The van der Waals surface area contributed by atoms with Gasteiger partial charge in [0.25, 0.3) is 0 Å². The van der Waals surface area contributed by atoms with E-state index in [1.54, 1.807) is 0 Å². The number of nitrogens with two attached hydrogens (primary N) is 1. The monoisotopic (exact) mass is 224 g/mol. The summed E-state index contributed by atoms with van der Waals surface area (Å²) in [7, 11) is 0. The molecular formula is C12H20N2S. The zero-order valence-corrected chi connectivity index (χ0v) is 10.4. The second-order valence-electron chi connectivity index (χ2n) is 4.05. The van der Waals surface area contributed by atoms with Gasteiger partial charge in [0, 0.05) is 18.5 Å². The number of thioether (sulfide) groups is 1. The van der Waals surface area contributed by atoms with Gasteiger partial charge in [0.15, 0.2) is 0 Å². The van der Waals surface area contributed by atoms with Crippen molar-refractivity contribution in [1.82, 2.24) is 4.98 Å². The quantitative estimate of drug-likeness (QED) is 0.755. The first-order valence-electron chi connectivity index (χ1n) is 5.44. The lowest BCUT2D eigenvalue weighted by Gasteiger charge is -2.07. The van der Waals surface area contributed by atoms with Crippen LogP contribution in [0.4, 0.5) is 0 Å². The summed E-state index contributed by atoms with van der Waals surface area (Å²) in [4.78, 5) is 4.27. The summed E-state index contributed by atoms with van der Waals surface area (Å²) < 4.78 is 0. The SMILES string of the molecule is CC(C)CCSCc1cccnc1CN. The minimum Gasteiger partial charge on any atom is -0.325 e. The molecule has 0 amide bonds. The van der Waals surface area contributed by atoms with E-state index in [1.165, 1.54) is 17.7 Å². The molecule has 1 rings (SSSR count). The van der Waals surface area contributed by atoms with Crippen LogP contribution in [0, 0.1) is 5.92 Å². The van der Waals surface area contributed by atoms with Gasteiger partial charge in [-0.05, 0) is 29.7 Å². The molecule has 0 radical (unpaired) electrons. The second-order valence-corrected chi connectivity index (χ2v) is 5.15. The zero-order valence-electron chi connectivity index (χ0n) is 9.57. The first-order chi connectivity index (χ1) is 7.24. The van der Waals surface area contributed by atoms with E-state index in [0.717, 1.165) is 17.4 Å². The molecule has 0 aromatic carbocycles. The van der Waals surface area contributed by atoms with Gasteiger partial charge in [-0.1, -0.05) is 19.9 Å². The molecule has 0 aliphatic heterocycles. The van der Waals surface area contributed by atoms with Crippen molar-refractivity contribution in [3.05, 3.63) is 29.6 Å². The van der Waals surface area contributed by atoms with Crippen molar-refractivity contribution in [2.45, 2.75) is 32.6 Å². The molecule has 0 aliphatic rings. The third kappa shape index (κ3) is 4.67. The molecule has 0 bridgehead atoms. The molecule has 0 fully saturated rings. The van der Waals surface area contributed by atoms with Gasteiger partial charge in [0.1, 0.15) is 0 Å². The van der Waals surface area contributed by atoms with Gasteiger partial charge in [-0.3, -0.25) is 4.98 Å². The van der Waals surface area contributed by atoms with Crippen molar-refractivity contribution in [2.75, 3.05) is 5.75 Å². The molecule has 1 aromatic heterocycles. The number of pyridine rings is 1. The highest BCUT2D eigenvalue weighted by atomic mass is 32.2. The Morgan fingerprint density at radius 1 is 1.47 bits per heavy atom. The molecule has 1 aromatic rings. The Kier molecular flexibility index (Phi) is 5.73. The fraction of sp³-hybridized carbons (Fsp3) is 0.583. The number of hydrogen-bond donors (Lipinski definition) is 1. The highest BCUT2D eigenvalue weighted by Gasteiger charge is 2.01. The van der Waals surface area contributed by atoms with Gasteiger partial charge >= 0.3 is 0 Å². The molecule has 2 N–H and O–H groups in total. The number of nitrogens with zero attached hydrogens (tertiary/aromatic N) is 1. The predicted molar refractivity (Wildman–Crippen MR) is 67.7 cm³/mol. The summed E-state index contributed by atoms with van der Waals surface area (Å²) in [5.74, 6) is 3.05. The molecule has 2 nitrogen and oxygen atoms in total. The van der Waals surface area contributed by atoms with E-state index in [-0.39, 0.29) is 0 Å². The normalized spacial score (nSPS) is 10.9. The molecule has 3 heteroatoms. The average Bonchev–Trinajstić information content (AvgIpc) is 2.24. The zero-order chi connectivity index (χ0) is 11.1. The summed E-state index contributed by atoms with van der Waals surface area (Å²) in [5.41, 5.74) is 7.95. The summed E-state index contributed by atoms with van der Waals surface area (Å²) >= 11 is 1.97. The number of rotatable bonds is 6. The van der Waals surface area contributed by atoms with Gasteiger partial charge in [-0.2, -0.15) is 11.8 Å². The maximum absolute atomic E-state index is 5.63. The van der Waals surface area contributed by atoms with Crippen LogP contribution in [0.15, 0.2) is 18.3 Å². The molecule has 0 spiro atoms. The van der Waals surface area contributed by atoms with Crippen LogP contribution in [0.5, 0.6) is 0 Å². The van der Waals surface area contributed by atoms with Crippen LogP contribution in [0.2, 0.25) is 0 Å². The first-order valence-corrected chi connectivity index (χ1v) is 6.60. The molecule has 0 saturated heterocycles. The van der Waals surface area contributed by atoms with Crippen molar-refractivity contribution < 1.29 is 0 Å². The lowest BCUT2D eigenvalue weighted by atomic mass is 10.2. The van der Waals surface area contributed by atoms with Crippen LogP contribution in [-0.4, -0.2) is 10.7 Å². The molecular weight excluding hydrogens is 204 g/mol. The third-order valence-corrected chi connectivity index (χ3v) is 3.31. The van der Waals surface area contributed by atoms with Crippen molar-refractivity contribution in [3.8, 4) is 0 Å². The van der Waals surface area contributed by atoms with Crippen molar-refractivity contribution >= 4 is 11.8 Å². The largest absolute Gasteiger partial charge is 0.325 e. The van der Waals surface area contributed by atoms with E-state index < -0.39 is 0 Å². The van der Waals surface area contributed by atoms with Crippen LogP contribution < -0.4 is 5.73 Å². The summed E-state index contributed by atoms with van der Waals surface area (Å²) in [6.45, 7) is 5.06. The van der Waals surface area contributed by atoms with Gasteiger partial charge in [-0.15, -0.1) is 0 Å². The van der Waals surface area contributed by atoms with Gasteiger partial charge in [-0.25, -0.2) is 0 Å². The highest BCUT2D eigenvalue weighted by Crippen LogP contribution is 2.17. The Bertz CT molecular complexity index is 287. The Hall–Kier alpha value is -0.540. The van der Waals surface area contributed by atoms with E-state index in [0.29, 0.717) is 6.54 Å². The van der Waals surface area contributed by atoms with Crippen LogP contribution in [0.1, 0.15) is 31.5 Å². The first kappa shape index (κ1) is 12.5. The van der Waals surface area contributed by atoms with Crippen LogP contribution in [0.3, 0.4) is 0 Å². The van der Waals surface area contributed by atoms with E-state index in [9.17, 15) is 0 Å². The molecule has 0 saturated carbocycles. The minimum atomic E-state index is 0.543. The Morgan fingerprint density at radius 3 is 2.93 bits per heavy atom. The maximum Gasteiger partial charge on any atom is 0.0579 e. The Morgan fingerprint density at radius 2 is 2.27 bits per heavy atom. The standard InChI is InChI=1S/C12H20N2S/c1-10(2)5-7-15-9-11-4-3-6-14-12(11)8-13/h3-4,6,10H,5,7-9,13H2,1-2H3. The van der Waals surface area contributed by atoms with Gasteiger partial charge in [0.05, 0.1) is 5.69 Å². The van der Waals surface area contributed by atoms with Crippen molar-refractivity contribution in [2.24, 2.45) is 11.7 Å². The van der Waals surface area contributed by atoms with Crippen molar-refractivity contribution in [1.29, 1.82) is 0 Å². The second kappa shape index (κ2) is 6.85. The molecule has 0 atom stereocenters.